The molecule has 1 aromatic heterocycles. The van der Waals surface area contributed by atoms with Gasteiger partial charge in [-0.1, -0.05) is 0 Å². The fraction of sp³-hybridized carbons (Fsp3) is 0.692. The fourth-order valence-electron chi connectivity index (χ4n) is 2.45. The molecule has 116 valence electrons. The Kier molecular flexibility index (Phi) is 5.13. The van der Waals surface area contributed by atoms with Crippen molar-refractivity contribution in [3.05, 3.63) is 0 Å². The van der Waals surface area contributed by atoms with Crippen molar-refractivity contribution in [2.45, 2.75) is 32.2 Å². The Morgan fingerprint density at radius 2 is 1.95 bits per heavy atom. The summed E-state index contributed by atoms with van der Waals surface area (Å²) in [5.41, 5.74) is 0. The lowest BCUT2D eigenvalue weighted by atomic mass is 10.1. The van der Waals surface area contributed by atoms with Gasteiger partial charge in [-0.3, -0.25) is 4.79 Å². The molecule has 1 fully saturated rings. The maximum atomic E-state index is 10.9. The van der Waals surface area contributed by atoms with Gasteiger partial charge in [-0.15, -0.1) is 4.98 Å². The molecule has 0 bridgehead atoms. The Morgan fingerprint density at radius 3 is 2.52 bits per heavy atom. The van der Waals surface area contributed by atoms with Crippen molar-refractivity contribution in [2.24, 2.45) is 0 Å². The molecule has 1 saturated heterocycles. The summed E-state index contributed by atoms with van der Waals surface area (Å²) in [4.78, 5) is 25.6. The van der Waals surface area contributed by atoms with Gasteiger partial charge in [0.05, 0.1) is 14.2 Å². The Balaban J connectivity index is 2.09. The number of ether oxygens (including phenoxy) is 2. The number of hydrogen-bond acceptors (Lipinski definition) is 7. The second-order valence-corrected chi connectivity index (χ2v) is 4.87. The van der Waals surface area contributed by atoms with Crippen LogP contribution >= 0.6 is 0 Å². The van der Waals surface area contributed by atoms with Crippen molar-refractivity contribution >= 4 is 11.9 Å². The van der Waals surface area contributed by atoms with Gasteiger partial charge in [-0.2, -0.15) is 9.97 Å². The highest BCUT2D eigenvalue weighted by molar-refractivity contribution is 5.72. The Hall–Kier alpha value is -2.12. The van der Waals surface area contributed by atoms with E-state index >= 15 is 0 Å². The van der Waals surface area contributed by atoms with Crippen LogP contribution in [0.4, 0.5) is 5.95 Å². The third-order valence-electron chi connectivity index (χ3n) is 3.43. The number of aromatic nitrogens is 3. The molecule has 1 aliphatic rings. The fourth-order valence-corrected chi connectivity index (χ4v) is 2.45. The number of methoxy groups -OCH3 is 2. The molecule has 0 spiro atoms. The molecule has 1 aromatic rings. The van der Waals surface area contributed by atoms with E-state index in [4.69, 9.17) is 9.47 Å². The molecule has 1 unspecified atom stereocenters. The smallest absolute Gasteiger partial charge is 0.324 e. The first-order chi connectivity index (χ1) is 10.1. The highest BCUT2D eigenvalue weighted by atomic mass is 16.5. The van der Waals surface area contributed by atoms with Crippen LogP contribution in [0.25, 0.3) is 0 Å². The third-order valence-corrected chi connectivity index (χ3v) is 3.43. The molecule has 8 nitrogen and oxygen atoms in total. The topological polar surface area (TPSA) is 89.5 Å². The van der Waals surface area contributed by atoms with Crippen LogP contribution in [-0.2, 0) is 4.79 Å². The molecule has 0 saturated carbocycles. The van der Waals surface area contributed by atoms with Gasteiger partial charge < -0.3 is 19.7 Å². The number of anilines is 1. The van der Waals surface area contributed by atoms with Gasteiger partial charge in [0.15, 0.2) is 0 Å². The summed E-state index contributed by atoms with van der Waals surface area (Å²) in [6, 6.07) is 0.780. The van der Waals surface area contributed by atoms with Crippen molar-refractivity contribution in [1.29, 1.82) is 0 Å². The number of amides is 1. The summed E-state index contributed by atoms with van der Waals surface area (Å²) >= 11 is 0. The molecule has 2 rings (SSSR count). The molecule has 8 heteroatoms. The standard InChI is InChI=1S/C13H21N5O3/c1-9(19)14-7-6-10-5-4-8-18(10)11-15-12(20-2)17-13(16-11)21-3/h10H,4-8H2,1-3H3,(H,14,19). The monoisotopic (exact) mass is 295 g/mol. The van der Waals surface area contributed by atoms with E-state index in [2.05, 4.69) is 25.2 Å². The number of nitrogens with zero attached hydrogens (tertiary/aromatic N) is 4. The summed E-state index contributed by atoms with van der Waals surface area (Å²) in [6.45, 7) is 3.05. The van der Waals surface area contributed by atoms with Gasteiger partial charge in [0, 0.05) is 26.1 Å². The lowest BCUT2D eigenvalue weighted by Gasteiger charge is -2.24. The number of carbonyl (C=O) groups excluding carboxylic acids is 1. The minimum absolute atomic E-state index is 0.0111. The van der Waals surface area contributed by atoms with Crippen LogP contribution in [0.1, 0.15) is 26.2 Å². The van der Waals surface area contributed by atoms with Crippen LogP contribution in [0, 0.1) is 0 Å². The van der Waals surface area contributed by atoms with Crippen LogP contribution in [0.3, 0.4) is 0 Å². The van der Waals surface area contributed by atoms with Gasteiger partial charge >= 0.3 is 12.0 Å². The second kappa shape index (κ2) is 7.05. The average Bonchev–Trinajstić information content (AvgIpc) is 2.94. The number of nitrogens with one attached hydrogen (secondary N) is 1. The predicted octanol–water partition coefficient (Wildman–Crippen LogP) is 0.384. The minimum Gasteiger partial charge on any atom is -0.467 e. The quantitative estimate of drug-likeness (QED) is 0.811. The summed E-state index contributed by atoms with van der Waals surface area (Å²) < 4.78 is 10.2. The Morgan fingerprint density at radius 1 is 1.29 bits per heavy atom. The normalized spacial score (nSPS) is 17.7. The Bertz CT molecular complexity index is 474. The molecule has 1 N–H and O–H groups in total. The van der Waals surface area contributed by atoms with Crippen molar-refractivity contribution in [3.8, 4) is 12.0 Å². The summed E-state index contributed by atoms with van der Waals surface area (Å²) in [5, 5.41) is 2.82. The first kappa shape index (κ1) is 15.3. The zero-order valence-electron chi connectivity index (χ0n) is 12.6. The van der Waals surface area contributed by atoms with Gasteiger partial charge in [0.2, 0.25) is 11.9 Å². The van der Waals surface area contributed by atoms with E-state index in [0.717, 1.165) is 25.8 Å². The number of rotatable bonds is 6. The molecule has 21 heavy (non-hydrogen) atoms. The second-order valence-electron chi connectivity index (χ2n) is 4.87. The average molecular weight is 295 g/mol. The van der Waals surface area contributed by atoms with Crippen LogP contribution in [-0.4, -0.2) is 54.2 Å². The molecule has 1 atom stereocenters. The molecule has 2 heterocycles. The van der Waals surface area contributed by atoms with E-state index in [1.54, 1.807) is 0 Å². The summed E-state index contributed by atoms with van der Waals surface area (Å²) in [6.07, 6.45) is 2.98. The van der Waals surface area contributed by atoms with Gasteiger partial charge in [-0.05, 0) is 19.3 Å². The number of carbonyl (C=O) groups is 1. The zero-order valence-corrected chi connectivity index (χ0v) is 12.6. The summed E-state index contributed by atoms with van der Waals surface area (Å²) in [7, 11) is 3.02. The molecule has 0 radical (unpaired) electrons. The first-order valence-corrected chi connectivity index (χ1v) is 6.99. The molecular weight excluding hydrogens is 274 g/mol. The SMILES string of the molecule is COc1nc(OC)nc(N2CCCC2CCNC(C)=O)n1. The predicted molar refractivity (Wildman–Crippen MR) is 76.6 cm³/mol. The van der Waals surface area contributed by atoms with Crippen LogP contribution in [0.15, 0.2) is 0 Å². The molecule has 1 aliphatic heterocycles. The maximum absolute atomic E-state index is 10.9. The van der Waals surface area contributed by atoms with E-state index in [0.29, 0.717) is 18.5 Å². The first-order valence-electron chi connectivity index (χ1n) is 6.99. The third kappa shape index (κ3) is 3.93. The van der Waals surface area contributed by atoms with Gasteiger partial charge in [0.25, 0.3) is 0 Å². The van der Waals surface area contributed by atoms with Gasteiger partial charge in [-0.25, -0.2) is 0 Å². The largest absolute Gasteiger partial charge is 0.467 e. The lowest BCUT2D eigenvalue weighted by molar-refractivity contribution is -0.118. The molecule has 1 amide bonds. The number of hydrogen-bond donors (Lipinski definition) is 1. The van der Waals surface area contributed by atoms with Crippen LogP contribution in [0.2, 0.25) is 0 Å². The van der Waals surface area contributed by atoms with E-state index in [1.807, 2.05) is 0 Å². The molecular formula is C13H21N5O3. The highest BCUT2D eigenvalue weighted by Crippen LogP contribution is 2.26. The lowest BCUT2D eigenvalue weighted by Crippen LogP contribution is -2.34. The van der Waals surface area contributed by atoms with Crippen LogP contribution in [0.5, 0.6) is 12.0 Å². The van der Waals surface area contributed by atoms with Crippen molar-refractivity contribution < 1.29 is 14.3 Å². The zero-order chi connectivity index (χ0) is 15.2. The molecule has 0 aromatic carbocycles. The Labute approximate surface area is 123 Å². The minimum atomic E-state index is -0.0111. The van der Waals surface area contributed by atoms with E-state index < -0.39 is 0 Å². The van der Waals surface area contributed by atoms with E-state index in [9.17, 15) is 4.79 Å². The summed E-state index contributed by atoms with van der Waals surface area (Å²) in [5.74, 6) is 0.548. The maximum Gasteiger partial charge on any atom is 0.324 e. The highest BCUT2D eigenvalue weighted by Gasteiger charge is 2.27. The van der Waals surface area contributed by atoms with Crippen LogP contribution < -0.4 is 19.7 Å². The van der Waals surface area contributed by atoms with Gasteiger partial charge in [0.1, 0.15) is 0 Å². The van der Waals surface area contributed by atoms with Crippen molar-refractivity contribution in [1.82, 2.24) is 20.3 Å². The van der Waals surface area contributed by atoms with E-state index in [-0.39, 0.29) is 17.9 Å². The van der Waals surface area contributed by atoms with E-state index in [1.165, 1.54) is 21.1 Å². The van der Waals surface area contributed by atoms with Crippen molar-refractivity contribution in [2.75, 3.05) is 32.2 Å². The molecule has 0 aliphatic carbocycles. The van der Waals surface area contributed by atoms with Crippen molar-refractivity contribution in [3.63, 3.8) is 0 Å².